The Hall–Kier alpha value is -3.08. The molecule has 0 atom stereocenters. The third kappa shape index (κ3) is 5.45. The lowest BCUT2D eigenvalue weighted by molar-refractivity contribution is 0.414. The van der Waals surface area contributed by atoms with E-state index in [9.17, 15) is 0 Å². The van der Waals surface area contributed by atoms with Crippen LogP contribution in [0, 0.1) is 0 Å². The van der Waals surface area contributed by atoms with Crippen molar-refractivity contribution in [3.63, 3.8) is 0 Å². The molecular formula is C22H26N4O. The highest BCUT2D eigenvalue weighted by molar-refractivity contribution is 5.61. The van der Waals surface area contributed by atoms with Crippen molar-refractivity contribution >= 4 is 11.6 Å². The molecule has 0 aliphatic carbocycles. The van der Waals surface area contributed by atoms with Crippen LogP contribution in [0.5, 0.6) is 5.75 Å². The first-order valence-corrected chi connectivity index (χ1v) is 9.22. The van der Waals surface area contributed by atoms with E-state index < -0.39 is 0 Å². The number of benzene rings is 2. The smallest absolute Gasteiger partial charge is 0.163 e. The number of rotatable bonds is 8. The highest BCUT2D eigenvalue weighted by Gasteiger charge is 2.08. The van der Waals surface area contributed by atoms with Crippen LogP contribution in [0.1, 0.15) is 19.4 Å². The predicted molar refractivity (Wildman–Crippen MR) is 111 cm³/mol. The zero-order valence-electron chi connectivity index (χ0n) is 16.1. The summed E-state index contributed by atoms with van der Waals surface area (Å²) in [6, 6.07) is 20.4. The van der Waals surface area contributed by atoms with Gasteiger partial charge in [0.25, 0.3) is 0 Å². The molecule has 0 bridgehead atoms. The molecule has 0 radical (unpaired) electrons. The summed E-state index contributed by atoms with van der Waals surface area (Å²) in [7, 11) is 1.68. The van der Waals surface area contributed by atoms with E-state index in [0.29, 0.717) is 11.9 Å². The fraction of sp³-hybridized carbons (Fsp3) is 0.273. The van der Waals surface area contributed by atoms with Gasteiger partial charge in [0.15, 0.2) is 5.82 Å². The summed E-state index contributed by atoms with van der Waals surface area (Å²) in [4.78, 5) is 9.34. The molecule has 140 valence electrons. The predicted octanol–water partition coefficient (Wildman–Crippen LogP) is 4.63. The third-order valence-corrected chi connectivity index (χ3v) is 4.07. The van der Waals surface area contributed by atoms with Crippen LogP contribution < -0.4 is 15.4 Å². The molecule has 5 nitrogen and oxygen atoms in total. The average Bonchev–Trinajstić information content (AvgIpc) is 2.68. The van der Waals surface area contributed by atoms with E-state index in [1.165, 1.54) is 5.56 Å². The summed E-state index contributed by atoms with van der Waals surface area (Å²) in [5.74, 6) is 3.24. The molecule has 3 aromatic rings. The second-order valence-corrected chi connectivity index (χ2v) is 6.65. The molecule has 1 heterocycles. The Morgan fingerprint density at radius 2 is 1.63 bits per heavy atom. The summed E-state index contributed by atoms with van der Waals surface area (Å²) in [6.45, 7) is 4.99. The van der Waals surface area contributed by atoms with E-state index in [0.717, 1.165) is 35.9 Å². The number of hydrogen-bond acceptors (Lipinski definition) is 5. The quantitative estimate of drug-likeness (QED) is 0.612. The zero-order chi connectivity index (χ0) is 19.1. The largest absolute Gasteiger partial charge is 0.497 e. The molecule has 0 fully saturated rings. The second kappa shape index (κ2) is 9.03. The van der Waals surface area contributed by atoms with Crippen molar-refractivity contribution < 1.29 is 4.74 Å². The highest BCUT2D eigenvalue weighted by atomic mass is 16.5. The van der Waals surface area contributed by atoms with Gasteiger partial charge < -0.3 is 15.4 Å². The van der Waals surface area contributed by atoms with Crippen molar-refractivity contribution in [3.05, 3.63) is 66.2 Å². The first-order valence-electron chi connectivity index (χ1n) is 9.22. The van der Waals surface area contributed by atoms with Gasteiger partial charge in [0.1, 0.15) is 17.4 Å². The van der Waals surface area contributed by atoms with Crippen molar-refractivity contribution in [1.82, 2.24) is 9.97 Å². The lowest BCUT2D eigenvalue weighted by atomic mass is 10.1. The molecule has 2 aromatic carbocycles. The van der Waals surface area contributed by atoms with E-state index >= 15 is 0 Å². The lowest BCUT2D eigenvalue weighted by Gasteiger charge is -2.13. The van der Waals surface area contributed by atoms with Gasteiger partial charge in [-0.05, 0) is 38.0 Å². The summed E-state index contributed by atoms with van der Waals surface area (Å²) < 4.78 is 5.20. The second-order valence-electron chi connectivity index (χ2n) is 6.65. The first-order chi connectivity index (χ1) is 13.1. The molecule has 3 rings (SSSR count). The standard InChI is InChI=1S/C22H26N4O/c1-16(2)24-21-15-20(25-22(26-21)18-7-5-4-6-8-18)23-14-13-17-9-11-19(27-3)12-10-17/h4-12,15-16H,13-14H2,1-3H3,(H2,23,24,25,26). The Balaban J connectivity index is 1.72. The molecule has 1 aromatic heterocycles. The molecular weight excluding hydrogens is 336 g/mol. The summed E-state index contributed by atoms with van der Waals surface area (Å²) in [5, 5.41) is 6.79. The van der Waals surface area contributed by atoms with Gasteiger partial charge >= 0.3 is 0 Å². The minimum Gasteiger partial charge on any atom is -0.497 e. The van der Waals surface area contributed by atoms with Crippen LogP contribution in [0.4, 0.5) is 11.6 Å². The lowest BCUT2D eigenvalue weighted by Crippen LogP contribution is -2.13. The monoisotopic (exact) mass is 362 g/mol. The number of hydrogen-bond donors (Lipinski definition) is 2. The zero-order valence-corrected chi connectivity index (χ0v) is 16.1. The van der Waals surface area contributed by atoms with Gasteiger partial charge in [-0.2, -0.15) is 0 Å². The number of nitrogens with one attached hydrogen (secondary N) is 2. The van der Waals surface area contributed by atoms with Crippen LogP contribution in [0.3, 0.4) is 0 Å². The molecule has 0 aliphatic heterocycles. The minimum absolute atomic E-state index is 0.302. The normalized spacial score (nSPS) is 10.7. The number of anilines is 2. The van der Waals surface area contributed by atoms with E-state index in [1.807, 2.05) is 48.5 Å². The number of methoxy groups -OCH3 is 1. The highest BCUT2D eigenvalue weighted by Crippen LogP contribution is 2.20. The number of nitrogens with zero attached hydrogens (tertiary/aromatic N) is 2. The van der Waals surface area contributed by atoms with Crippen molar-refractivity contribution in [2.45, 2.75) is 26.3 Å². The number of aromatic nitrogens is 2. The van der Waals surface area contributed by atoms with Gasteiger partial charge in [-0.15, -0.1) is 0 Å². The number of ether oxygens (including phenoxy) is 1. The summed E-state index contributed by atoms with van der Waals surface area (Å²) in [6.07, 6.45) is 0.904. The van der Waals surface area contributed by atoms with Gasteiger partial charge in [0, 0.05) is 24.2 Å². The van der Waals surface area contributed by atoms with E-state index in [-0.39, 0.29) is 0 Å². The Kier molecular flexibility index (Phi) is 6.26. The fourth-order valence-corrected chi connectivity index (χ4v) is 2.75. The van der Waals surface area contributed by atoms with Crippen molar-refractivity contribution in [2.24, 2.45) is 0 Å². The molecule has 0 unspecified atom stereocenters. The molecule has 0 saturated heterocycles. The molecule has 0 amide bonds. The van der Waals surface area contributed by atoms with Crippen LogP contribution in [0.2, 0.25) is 0 Å². The van der Waals surface area contributed by atoms with E-state index in [1.54, 1.807) is 7.11 Å². The van der Waals surface area contributed by atoms with Crippen molar-refractivity contribution in [2.75, 3.05) is 24.3 Å². The van der Waals surface area contributed by atoms with Gasteiger partial charge in [-0.1, -0.05) is 42.5 Å². The van der Waals surface area contributed by atoms with Crippen LogP contribution >= 0.6 is 0 Å². The molecule has 0 aliphatic rings. The molecule has 5 heteroatoms. The Morgan fingerprint density at radius 3 is 2.30 bits per heavy atom. The van der Waals surface area contributed by atoms with Crippen molar-refractivity contribution in [3.8, 4) is 17.1 Å². The molecule has 27 heavy (non-hydrogen) atoms. The topological polar surface area (TPSA) is 59.1 Å². The maximum atomic E-state index is 5.20. The Morgan fingerprint density at radius 1 is 0.926 bits per heavy atom. The molecule has 0 saturated carbocycles. The Bertz CT molecular complexity index is 848. The SMILES string of the molecule is COc1ccc(CCNc2cc(NC(C)C)nc(-c3ccccc3)n2)cc1. The molecule has 2 N–H and O–H groups in total. The summed E-state index contributed by atoms with van der Waals surface area (Å²) in [5.41, 5.74) is 2.25. The van der Waals surface area contributed by atoms with Crippen LogP contribution in [-0.4, -0.2) is 29.7 Å². The average molecular weight is 362 g/mol. The van der Waals surface area contributed by atoms with Crippen molar-refractivity contribution in [1.29, 1.82) is 0 Å². The van der Waals surface area contributed by atoms with Crippen LogP contribution in [0.15, 0.2) is 60.7 Å². The maximum Gasteiger partial charge on any atom is 0.163 e. The van der Waals surface area contributed by atoms with E-state index in [2.05, 4.69) is 46.6 Å². The first kappa shape index (κ1) is 18.7. The van der Waals surface area contributed by atoms with Gasteiger partial charge in [0.2, 0.25) is 0 Å². The summed E-state index contributed by atoms with van der Waals surface area (Å²) >= 11 is 0. The van der Waals surface area contributed by atoms with Gasteiger partial charge in [0.05, 0.1) is 7.11 Å². The van der Waals surface area contributed by atoms with Gasteiger partial charge in [-0.3, -0.25) is 0 Å². The fourth-order valence-electron chi connectivity index (χ4n) is 2.75. The van der Waals surface area contributed by atoms with Crippen LogP contribution in [0.25, 0.3) is 11.4 Å². The maximum absolute atomic E-state index is 5.20. The molecule has 0 spiro atoms. The third-order valence-electron chi connectivity index (χ3n) is 4.07. The van der Waals surface area contributed by atoms with E-state index in [4.69, 9.17) is 4.74 Å². The van der Waals surface area contributed by atoms with Crippen LogP contribution in [-0.2, 0) is 6.42 Å². The minimum atomic E-state index is 0.302. The van der Waals surface area contributed by atoms with Gasteiger partial charge in [-0.25, -0.2) is 9.97 Å². The Labute approximate surface area is 160 Å².